The van der Waals surface area contributed by atoms with Crippen molar-refractivity contribution in [3.63, 3.8) is 0 Å². The van der Waals surface area contributed by atoms with Gasteiger partial charge >= 0.3 is 0 Å². The molecule has 36 heavy (non-hydrogen) atoms. The Bertz CT molecular complexity index is 2050. The van der Waals surface area contributed by atoms with Crippen LogP contribution in [0.1, 0.15) is 0 Å². The molecule has 0 fully saturated rings. The van der Waals surface area contributed by atoms with Gasteiger partial charge in [-0.2, -0.15) is 0 Å². The second kappa shape index (κ2) is 5.58. The number of benzene rings is 1. The summed E-state index contributed by atoms with van der Waals surface area (Å²) in [5.74, 6) is 0. The molecule has 0 aliphatic carbocycles. The van der Waals surface area contributed by atoms with Crippen LogP contribution in [0.3, 0.4) is 0 Å². The van der Waals surface area contributed by atoms with Gasteiger partial charge in [-0.05, 0) is 54.6 Å². The first-order valence-electron chi connectivity index (χ1n) is 12.2. The molecule has 10 aromatic rings. The lowest BCUT2D eigenvalue weighted by molar-refractivity contribution is 1.25. The van der Waals surface area contributed by atoms with E-state index in [1.807, 2.05) is 0 Å². The molecule has 0 atom stereocenters. The SMILES string of the molecule is c1cc2c3[nH]ccc3c3c(c4c5cc[nH]c5c5cccn5c4c4c5cc[nH]c5c5cccn5c34)n2c1. The number of aromatic nitrogens is 6. The summed E-state index contributed by atoms with van der Waals surface area (Å²) in [5.41, 5.74) is 10.7. The van der Waals surface area contributed by atoms with Gasteiger partial charge in [0.05, 0.1) is 49.7 Å². The summed E-state index contributed by atoms with van der Waals surface area (Å²) in [6, 6.07) is 19.8. The molecule has 0 aliphatic rings. The van der Waals surface area contributed by atoms with Gasteiger partial charge < -0.3 is 28.2 Å². The highest BCUT2D eigenvalue weighted by molar-refractivity contribution is 6.39. The first-order valence-corrected chi connectivity index (χ1v) is 12.2. The molecule has 0 amide bonds. The minimum atomic E-state index is 1.16. The molecule has 9 heterocycles. The number of H-pyrrole nitrogens is 3. The first-order chi connectivity index (χ1) is 17.9. The zero-order chi connectivity index (χ0) is 23.1. The van der Waals surface area contributed by atoms with E-state index in [0.717, 1.165) is 16.6 Å². The Kier molecular flexibility index (Phi) is 2.69. The van der Waals surface area contributed by atoms with Gasteiger partial charge in [-0.25, -0.2) is 0 Å². The summed E-state index contributed by atoms with van der Waals surface area (Å²) in [6.07, 6.45) is 12.8. The minimum absolute atomic E-state index is 1.16. The average molecular weight is 463 g/mol. The van der Waals surface area contributed by atoms with E-state index in [9.17, 15) is 0 Å². The van der Waals surface area contributed by atoms with E-state index in [-0.39, 0.29) is 0 Å². The lowest BCUT2D eigenvalue weighted by Gasteiger charge is -2.19. The van der Waals surface area contributed by atoms with Gasteiger partial charge in [-0.3, -0.25) is 0 Å². The average Bonchev–Trinajstić information content (AvgIpc) is 3.73. The van der Waals surface area contributed by atoms with Crippen LogP contribution in [0.2, 0.25) is 0 Å². The van der Waals surface area contributed by atoms with Crippen LogP contribution in [0, 0.1) is 0 Å². The number of hydrogen-bond acceptors (Lipinski definition) is 0. The fraction of sp³-hybridized carbons (Fsp3) is 0. The van der Waals surface area contributed by atoms with Gasteiger partial charge in [-0.15, -0.1) is 0 Å². The molecule has 0 spiro atoms. The molecule has 9 aromatic heterocycles. The van der Waals surface area contributed by atoms with Crippen molar-refractivity contribution >= 4 is 82.0 Å². The van der Waals surface area contributed by atoms with Crippen molar-refractivity contribution in [1.82, 2.24) is 28.2 Å². The zero-order valence-electron chi connectivity index (χ0n) is 19.0. The van der Waals surface area contributed by atoms with E-state index in [1.54, 1.807) is 0 Å². The molecule has 0 bridgehead atoms. The largest absolute Gasteiger partial charge is 0.359 e. The van der Waals surface area contributed by atoms with Crippen molar-refractivity contribution in [1.29, 1.82) is 0 Å². The van der Waals surface area contributed by atoms with Gasteiger partial charge in [0, 0.05) is 69.5 Å². The second-order valence-corrected chi connectivity index (χ2v) is 9.76. The van der Waals surface area contributed by atoms with Crippen LogP contribution in [0.4, 0.5) is 0 Å². The summed E-state index contributed by atoms with van der Waals surface area (Å²) < 4.78 is 7.11. The molecule has 0 radical (unpaired) electrons. The van der Waals surface area contributed by atoms with Gasteiger partial charge in [-0.1, -0.05) is 0 Å². The van der Waals surface area contributed by atoms with Crippen LogP contribution in [0.25, 0.3) is 82.0 Å². The number of hydrogen-bond donors (Lipinski definition) is 3. The summed E-state index contributed by atoms with van der Waals surface area (Å²) in [4.78, 5) is 10.6. The Balaban J connectivity index is 1.78. The van der Waals surface area contributed by atoms with Crippen LogP contribution in [-0.2, 0) is 0 Å². The monoisotopic (exact) mass is 462 g/mol. The molecule has 0 saturated carbocycles. The minimum Gasteiger partial charge on any atom is -0.359 e. The Morgan fingerprint density at radius 1 is 0.417 bits per heavy atom. The van der Waals surface area contributed by atoms with E-state index < -0.39 is 0 Å². The highest BCUT2D eigenvalue weighted by Gasteiger charge is 2.24. The maximum Gasteiger partial charge on any atom is 0.0706 e. The topological polar surface area (TPSA) is 60.6 Å². The van der Waals surface area contributed by atoms with Crippen molar-refractivity contribution in [3.8, 4) is 0 Å². The predicted molar refractivity (Wildman–Crippen MR) is 147 cm³/mol. The molecule has 0 saturated heterocycles. The number of nitrogens with zero attached hydrogens (tertiary/aromatic N) is 3. The Labute approximate surface area is 202 Å². The predicted octanol–water partition coefficient (Wildman–Crippen LogP) is 7.35. The lowest BCUT2D eigenvalue weighted by Crippen LogP contribution is -2.00. The van der Waals surface area contributed by atoms with Crippen LogP contribution < -0.4 is 0 Å². The molecule has 0 aliphatic heterocycles. The lowest BCUT2D eigenvalue weighted by atomic mass is 9.96. The summed E-state index contributed by atoms with van der Waals surface area (Å²) in [7, 11) is 0. The van der Waals surface area contributed by atoms with E-state index >= 15 is 0 Å². The number of aromatic amines is 3. The molecule has 0 unspecified atom stereocenters. The third kappa shape index (κ3) is 1.70. The smallest absolute Gasteiger partial charge is 0.0706 e. The number of pyridine rings is 3. The van der Waals surface area contributed by atoms with Crippen molar-refractivity contribution in [3.05, 3.63) is 91.8 Å². The molecule has 168 valence electrons. The maximum atomic E-state index is 3.54. The molecule has 6 nitrogen and oxygen atoms in total. The van der Waals surface area contributed by atoms with Crippen molar-refractivity contribution < 1.29 is 0 Å². The fourth-order valence-electron chi connectivity index (χ4n) is 6.91. The highest BCUT2D eigenvalue weighted by Crippen LogP contribution is 2.46. The van der Waals surface area contributed by atoms with E-state index in [2.05, 4.69) is 120 Å². The molecule has 6 heteroatoms. The van der Waals surface area contributed by atoms with E-state index in [0.29, 0.717) is 0 Å². The Hall–Kier alpha value is -5.10. The van der Waals surface area contributed by atoms with Crippen molar-refractivity contribution in [2.75, 3.05) is 0 Å². The van der Waals surface area contributed by atoms with Crippen molar-refractivity contribution in [2.24, 2.45) is 0 Å². The highest BCUT2D eigenvalue weighted by atomic mass is 15.0. The molecule has 10 rings (SSSR count). The van der Waals surface area contributed by atoms with Crippen LogP contribution in [0.5, 0.6) is 0 Å². The van der Waals surface area contributed by atoms with Crippen LogP contribution in [0.15, 0.2) is 91.8 Å². The maximum absolute atomic E-state index is 3.54. The summed E-state index contributed by atoms with van der Waals surface area (Å²) in [6.45, 7) is 0. The summed E-state index contributed by atoms with van der Waals surface area (Å²) in [5, 5.41) is 7.50. The normalized spacial score (nSPS) is 13.0. The number of rotatable bonds is 0. The van der Waals surface area contributed by atoms with Gasteiger partial charge in [0.25, 0.3) is 0 Å². The quantitative estimate of drug-likeness (QED) is 0.197. The standard InChI is InChI=1S/C30H18N6/c1-4-19-25-16(7-10-31-25)22-28(34(19)13-1)23-17-8-11-32-26(17)20-5-2-15-36(20)30(23)24-18-9-12-33-27(18)21-6-3-14-35(21)29(22)24/h1-15,31-33H. The molecule has 3 N–H and O–H groups in total. The zero-order valence-corrected chi connectivity index (χ0v) is 19.0. The molecular weight excluding hydrogens is 444 g/mol. The Morgan fingerprint density at radius 2 is 0.750 bits per heavy atom. The van der Waals surface area contributed by atoms with Crippen LogP contribution in [-0.4, -0.2) is 28.2 Å². The van der Waals surface area contributed by atoms with Gasteiger partial charge in [0.15, 0.2) is 0 Å². The number of fused-ring (bicyclic) bond motifs is 21. The van der Waals surface area contributed by atoms with Gasteiger partial charge in [0.1, 0.15) is 0 Å². The van der Waals surface area contributed by atoms with E-state index in [1.165, 1.54) is 65.4 Å². The number of nitrogens with one attached hydrogen (secondary N) is 3. The summed E-state index contributed by atoms with van der Waals surface area (Å²) >= 11 is 0. The fourth-order valence-corrected chi connectivity index (χ4v) is 6.91. The van der Waals surface area contributed by atoms with Crippen LogP contribution >= 0.6 is 0 Å². The first kappa shape index (κ1) is 17.4. The molecular formula is C30H18N6. The third-order valence-electron chi connectivity index (χ3n) is 8.21. The third-order valence-corrected chi connectivity index (χ3v) is 8.21. The Morgan fingerprint density at radius 3 is 1.08 bits per heavy atom. The molecule has 1 aromatic carbocycles. The van der Waals surface area contributed by atoms with Crippen molar-refractivity contribution in [2.45, 2.75) is 0 Å². The van der Waals surface area contributed by atoms with E-state index in [4.69, 9.17) is 0 Å². The van der Waals surface area contributed by atoms with Gasteiger partial charge in [0.2, 0.25) is 0 Å². The second-order valence-electron chi connectivity index (χ2n) is 9.76.